The molecule has 0 spiro atoms. The van der Waals surface area contributed by atoms with E-state index in [9.17, 15) is 33.9 Å². The van der Waals surface area contributed by atoms with Crippen molar-refractivity contribution in [2.45, 2.75) is 93.2 Å². The molecule has 12 heteroatoms. The molecule has 2 aliphatic rings. The Hall–Kier alpha value is -6.30. The minimum absolute atomic E-state index is 0.0289. The van der Waals surface area contributed by atoms with Crippen LogP contribution < -0.4 is 27.0 Å². The Kier molecular flexibility index (Phi) is 13.7. The van der Waals surface area contributed by atoms with Crippen LogP contribution >= 0.6 is 0 Å². The van der Waals surface area contributed by atoms with Gasteiger partial charge in [0.1, 0.15) is 0 Å². The van der Waals surface area contributed by atoms with Crippen molar-refractivity contribution in [2.24, 2.45) is 16.6 Å². The summed E-state index contributed by atoms with van der Waals surface area (Å²) < 4.78 is 0. The Morgan fingerprint density at radius 1 is 0.533 bits per heavy atom. The summed E-state index contributed by atoms with van der Waals surface area (Å²) in [6.07, 6.45) is 4.00. The summed E-state index contributed by atoms with van der Waals surface area (Å²) in [6.45, 7) is 16.9. The van der Waals surface area contributed by atoms with Gasteiger partial charge in [-0.3, -0.25) is 24.0 Å². The molecule has 2 aliphatic carbocycles. The number of aromatic carboxylic acids is 1. The average Bonchev–Trinajstić information content (AvgIpc) is 4.14. The molecule has 0 bridgehead atoms. The van der Waals surface area contributed by atoms with Crippen molar-refractivity contribution in [3.8, 4) is 22.3 Å². The highest BCUT2D eigenvalue weighted by atomic mass is 16.4. The number of hydrogen-bond acceptors (Lipinski definition) is 6. The molecular formula is C48H57N5O7. The second-order valence-electron chi connectivity index (χ2n) is 18.2. The Balaban J connectivity index is 0.000000228. The lowest BCUT2D eigenvalue weighted by atomic mass is 9.92. The molecule has 7 N–H and O–H groups in total. The van der Waals surface area contributed by atoms with Crippen LogP contribution in [0.1, 0.15) is 141 Å². The summed E-state index contributed by atoms with van der Waals surface area (Å²) in [5.74, 6) is -2.60. The average molecular weight is 816 g/mol. The van der Waals surface area contributed by atoms with Gasteiger partial charge in [0.05, 0.1) is 5.56 Å². The van der Waals surface area contributed by atoms with Crippen LogP contribution in [0.2, 0.25) is 0 Å². The normalized spacial score (nSPS) is 13.6. The van der Waals surface area contributed by atoms with E-state index in [0.717, 1.165) is 42.4 Å². The molecule has 6 rings (SSSR count). The van der Waals surface area contributed by atoms with Crippen molar-refractivity contribution >= 4 is 35.5 Å². The summed E-state index contributed by atoms with van der Waals surface area (Å²) in [7, 11) is 0. The first-order chi connectivity index (χ1) is 28.1. The quantitative estimate of drug-likeness (QED) is 0.0854. The number of primary amides is 1. The van der Waals surface area contributed by atoms with Gasteiger partial charge in [-0.2, -0.15) is 0 Å². The zero-order valence-electron chi connectivity index (χ0n) is 35.8. The van der Waals surface area contributed by atoms with Crippen LogP contribution in [0.4, 0.5) is 0 Å². The summed E-state index contributed by atoms with van der Waals surface area (Å²) in [6, 6.07) is 20.7. The van der Waals surface area contributed by atoms with Crippen LogP contribution in [0.5, 0.6) is 0 Å². The third kappa shape index (κ3) is 12.4. The zero-order chi connectivity index (χ0) is 44.1. The summed E-state index contributed by atoms with van der Waals surface area (Å²) in [5, 5.41) is 21.4. The topological polar surface area (TPSA) is 197 Å². The van der Waals surface area contributed by atoms with Crippen LogP contribution in [-0.2, 0) is 0 Å². The van der Waals surface area contributed by atoms with Crippen molar-refractivity contribution < 1.29 is 33.9 Å². The van der Waals surface area contributed by atoms with Crippen molar-refractivity contribution in [3.63, 3.8) is 0 Å². The van der Waals surface area contributed by atoms with E-state index in [1.807, 2.05) is 67.5 Å². The first-order valence-electron chi connectivity index (χ1n) is 20.3. The van der Waals surface area contributed by atoms with E-state index < -0.39 is 11.9 Å². The summed E-state index contributed by atoms with van der Waals surface area (Å²) >= 11 is 0. The minimum atomic E-state index is -1.12. The molecule has 4 aromatic rings. The molecule has 2 saturated carbocycles. The molecule has 0 heterocycles. The lowest BCUT2D eigenvalue weighted by Gasteiger charge is -2.19. The fourth-order valence-corrected chi connectivity index (χ4v) is 6.22. The van der Waals surface area contributed by atoms with E-state index in [-0.39, 0.29) is 57.7 Å². The number of carboxylic acids is 1. The highest BCUT2D eigenvalue weighted by Gasteiger charge is 2.26. The minimum Gasteiger partial charge on any atom is -0.478 e. The number of hydrogen-bond donors (Lipinski definition) is 6. The number of rotatable bonds is 12. The Morgan fingerprint density at radius 2 is 0.883 bits per heavy atom. The van der Waals surface area contributed by atoms with Crippen LogP contribution in [0.25, 0.3) is 22.3 Å². The molecular weight excluding hydrogens is 759 g/mol. The van der Waals surface area contributed by atoms with Crippen molar-refractivity contribution in [2.75, 3.05) is 13.1 Å². The first-order valence-corrected chi connectivity index (χ1v) is 20.3. The summed E-state index contributed by atoms with van der Waals surface area (Å²) in [4.78, 5) is 74.0. The SMILES string of the molecule is Cc1ccc(C(=O)NC2CC2)cc1-c1ccc(C(=O)NCC(C)(C)C)cc1C(=O)O.Cc1ccc(C(=O)NC2CC2)cc1-c1ccc(C(=O)NCC(C)(C)C)cc1C(N)=O. The number of carbonyl (C=O) groups is 6. The monoisotopic (exact) mass is 815 g/mol. The number of nitrogens with one attached hydrogen (secondary N) is 4. The van der Waals surface area contributed by atoms with E-state index in [0.29, 0.717) is 52.0 Å². The van der Waals surface area contributed by atoms with Gasteiger partial charge in [-0.15, -0.1) is 0 Å². The van der Waals surface area contributed by atoms with Crippen molar-refractivity contribution in [1.29, 1.82) is 0 Å². The molecule has 0 atom stereocenters. The highest BCUT2D eigenvalue weighted by Crippen LogP contribution is 2.31. The fourth-order valence-electron chi connectivity index (χ4n) is 6.22. The number of amides is 5. The smallest absolute Gasteiger partial charge is 0.336 e. The van der Waals surface area contributed by atoms with Gasteiger partial charge in [0.25, 0.3) is 23.6 Å². The predicted octanol–water partition coefficient (Wildman–Crippen LogP) is 7.46. The zero-order valence-corrected chi connectivity index (χ0v) is 35.8. The van der Waals surface area contributed by atoms with Crippen LogP contribution in [0.3, 0.4) is 0 Å². The van der Waals surface area contributed by atoms with Crippen LogP contribution in [0.15, 0.2) is 72.8 Å². The van der Waals surface area contributed by atoms with Gasteiger partial charge in [0.2, 0.25) is 5.91 Å². The maximum absolute atomic E-state index is 12.5. The molecule has 0 saturated heterocycles. The van der Waals surface area contributed by atoms with Gasteiger partial charge in [-0.25, -0.2) is 4.79 Å². The van der Waals surface area contributed by atoms with Gasteiger partial charge in [0.15, 0.2) is 0 Å². The van der Waals surface area contributed by atoms with Crippen molar-refractivity contribution in [1.82, 2.24) is 21.3 Å². The summed E-state index contributed by atoms with van der Waals surface area (Å²) in [5.41, 5.74) is 11.7. The largest absolute Gasteiger partial charge is 0.478 e. The molecule has 60 heavy (non-hydrogen) atoms. The third-order valence-electron chi connectivity index (χ3n) is 10.0. The molecule has 0 aliphatic heterocycles. The Labute approximate surface area is 352 Å². The standard InChI is InChI=1S/C24H29N3O3.C24H28N2O4/c1-14-5-6-16(23(30)27-17-8-9-17)11-19(14)18-10-7-15(12-20(18)21(25)28)22(29)26-13-24(2,3)4;1-14-5-6-16(22(28)26-17-8-9-17)11-19(14)18-10-7-15(12-20(18)23(29)30)21(27)25-13-24(2,3)4/h5-7,10-12,17H,8-9,13H2,1-4H3,(H2,25,28)(H,26,29)(H,27,30);5-7,10-12,17H,8-9,13H2,1-4H3,(H,25,27)(H,26,28)(H,29,30). The van der Waals surface area contributed by atoms with Gasteiger partial charge < -0.3 is 32.1 Å². The Bertz CT molecular complexity index is 2170. The van der Waals surface area contributed by atoms with E-state index in [1.54, 1.807) is 48.5 Å². The molecule has 316 valence electrons. The maximum atomic E-state index is 12.5. The third-order valence-corrected chi connectivity index (χ3v) is 10.0. The van der Waals surface area contributed by atoms with E-state index in [4.69, 9.17) is 5.73 Å². The molecule has 12 nitrogen and oxygen atoms in total. The highest BCUT2D eigenvalue weighted by molar-refractivity contribution is 6.05. The van der Waals surface area contributed by atoms with Crippen LogP contribution in [0, 0.1) is 24.7 Å². The lowest BCUT2D eigenvalue weighted by Crippen LogP contribution is -2.32. The number of nitrogens with two attached hydrogens (primary N) is 1. The lowest BCUT2D eigenvalue weighted by molar-refractivity contribution is 0.0696. The predicted molar refractivity (Wildman–Crippen MR) is 233 cm³/mol. The molecule has 2 fully saturated rings. The second kappa shape index (κ2) is 18.3. The molecule has 0 aromatic heterocycles. The number of benzene rings is 4. The van der Waals surface area contributed by atoms with Gasteiger partial charge in [-0.05, 0) is 132 Å². The van der Waals surface area contributed by atoms with Gasteiger partial charge in [0, 0.05) is 53.0 Å². The second-order valence-corrected chi connectivity index (χ2v) is 18.2. The fraction of sp³-hybridized carbons (Fsp3) is 0.375. The first kappa shape index (κ1) is 44.8. The number of carbonyl (C=O) groups excluding carboxylic acids is 5. The van der Waals surface area contributed by atoms with Crippen LogP contribution in [-0.4, -0.2) is 65.8 Å². The number of carboxylic acid groups (broad SMARTS) is 1. The van der Waals surface area contributed by atoms with E-state index in [2.05, 4.69) is 21.3 Å². The van der Waals surface area contributed by atoms with E-state index >= 15 is 0 Å². The Morgan fingerprint density at radius 3 is 1.23 bits per heavy atom. The van der Waals surface area contributed by atoms with Crippen molar-refractivity contribution in [3.05, 3.63) is 117 Å². The molecule has 0 unspecified atom stereocenters. The van der Waals surface area contributed by atoms with Gasteiger partial charge in [-0.1, -0.05) is 65.8 Å². The van der Waals surface area contributed by atoms with E-state index in [1.165, 1.54) is 12.1 Å². The molecule has 4 aromatic carbocycles. The number of aryl methyl sites for hydroxylation is 2. The molecule has 0 radical (unpaired) electrons. The molecule has 5 amide bonds. The van der Waals surface area contributed by atoms with Gasteiger partial charge >= 0.3 is 5.97 Å². The maximum Gasteiger partial charge on any atom is 0.336 e.